The van der Waals surface area contributed by atoms with Gasteiger partial charge >= 0.3 is 6.03 Å². The number of aliphatic hydroxyl groups is 1. The summed E-state index contributed by atoms with van der Waals surface area (Å²) in [6, 6.07) is 7.69. The molecule has 3 amide bonds. The van der Waals surface area contributed by atoms with Gasteiger partial charge < -0.3 is 20.6 Å². The van der Waals surface area contributed by atoms with E-state index >= 15 is 0 Å². The molecule has 7 heteroatoms. The fourth-order valence-electron chi connectivity index (χ4n) is 2.83. The maximum atomic E-state index is 12.3. The average molecular weight is 365 g/mol. The minimum absolute atomic E-state index is 0.114. The fraction of sp³-hybridized carbons (Fsp3) is 0.556. The van der Waals surface area contributed by atoms with E-state index in [0.29, 0.717) is 19.6 Å². The first kappa shape index (κ1) is 19.6. The molecule has 1 fully saturated rings. The fourth-order valence-corrected chi connectivity index (χ4v) is 3.74. The highest BCUT2D eigenvalue weighted by atomic mass is 32.2. The van der Waals surface area contributed by atoms with Gasteiger partial charge in [0.1, 0.15) is 6.04 Å². The van der Waals surface area contributed by atoms with Crippen molar-refractivity contribution < 1.29 is 14.7 Å². The van der Waals surface area contributed by atoms with Crippen LogP contribution in [0.15, 0.2) is 24.3 Å². The van der Waals surface area contributed by atoms with Crippen molar-refractivity contribution in [2.24, 2.45) is 0 Å². The van der Waals surface area contributed by atoms with E-state index in [1.807, 2.05) is 11.8 Å². The van der Waals surface area contributed by atoms with Gasteiger partial charge in [-0.25, -0.2) is 4.79 Å². The molecule has 1 aliphatic heterocycles. The molecule has 25 heavy (non-hydrogen) atoms. The molecule has 1 aliphatic rings. The SMILES string of the molecule is Cc1cccc(CSCCCNC(=O)N2CCNC(=O)C2CCO)c1. The minimum Gasteiger partial charge on any atom is -0.396 e. The number of carbonyl (C=O) groups excluding carboxylic acids is 2. The number of nitrogens with one attached hydrogen (secondary N) is 2. The second-order valence-electron chi connectivity index (χ2n) is 6.14. The molecule has 0 bridgehead atoms. The van der Waals surface area contributed by atoms with Gasteiger partial charge in [-0.2, -0.15) is 11.8 Å². The number of hydrogen-bond donors (Lipinski definition) is 3. The number of aliphatic hydroxyl groups excluding tert-OH is 1. The maximum absolute atomic E-state index is 12.3. The predicted octanol–water partition coefficient (Wildman–Crippen LogP) is 1.51. The number of thioether (sulfide) groups is 1. The molecule has 0 aromatic heterocycles. The van der Waals surface area contributed by atoms with Crippen LogP contribution in [0.3, 0.4) is 0 Å². The first-order valence-electron chi connectivity index (χ1n) is 8.68. The van der Waals surface area contributed by atoms with Crippen molar-refractivity contribution >= 4 is 23.7 Å². The van der Waals surface area contributed by atoms with E-state index in [0.717, 1.165) is 17.9 Å². The molecule has 1 heterocycles. The Morgan fingerprint density at radius 1 is 1.48 bits per heavy atom. The highest BCUT2D eigenvalue weighted by Gasteiger charge is 2.32. The molecule has 0 saturated carbocycles. The Hall–Kier alpha value is -1.73. The molecule has 138 valence electrons. The van der Waals surface area contributed by atoms with E-state index in [1.54, 1.807) is 0 Å². The van der Waals surface area contributed by atoms with E-state index in [-0.39, 0.29) is 25.0 Å². The first-order chi connectivity index (χ1) is 12.1. The molecular formula is C18H27N3O3S. The van der Waals surface area contributed by atoms with Gasteiger partial charge in [-0.05, 0) is 31.1 Å². The summed E-state index contributed by atoms with van der Waals surface area (Å²) in [6.45, 7) is 3.50. The van der Waals surface area contributed by atoms with Crippen LogP contribution in [-0.4, -0.2) is 60.0 Å². The molecule has 1 aromatic rings. The monoisotopic (exact) mass is 365 g/mol. The summed E-state index contributed by atoms with van der Waals surface area (Å²) in [5.74, 6) is 1.75. The summed E-state index contributed by atoms with van der Waals surface area (Å²) in [4.78, 5) is 25.6. The zero-order valence-corrected chi connectivity index (χ0v) is 15.5. The van der Waals surface area contributed by atoms with Gasteiger partial charge in [-0.15, -0.1) is 0 Å². The second kappa shape index (κ2) is 10.3. The van der Waals surface area contributed by atoms with Crippen molar-refractivity contribution in [2.45, 2.75) is 31.6 Å². The Labute approximate surface area is 153 Å². The van der Waals surface area contributed by atoms with Crippen molar-refractivity contribution in [3.8, 4) is 0 Å². The van der Waals surface area contributed by atoms with Crippen LogP contribution in [0.1, 0.15) is 24.0 Å². The number of rotatable bonds is 8. The lowest BCUT2D eigenvalue weighted by Gasteiger charge is -2.34. The molecule has 6 nitrogen and oxygen atoms in total. The van der Waals surface area contributed by atoms with Crippen LogP contribution in [0.25, 0.3) is 0 Å². The van der Waals surface area contributed by atoms with Crippen molar-refractivity contribution in [1.29, 1.82) is 0 Å². The Balaban J connectivity index is 1.65. The molecule has 3 N–H and O–H groups in total. The number of piperazine rings is 1. The lowest BCUT2D eigenvalue weighted by atomic mass is 10.1. The third-order valence-corrected chi connectivity index (χ3v) is 5.20. The van der Waals surface area contributed by atoms with Crippen LogP contribution in [0.4, 0.5) is 4.79 Å². The van der Waals surface area contributed by atoms with Gasteiger partial charge in [0, 0.05) is 32.0 Å². The molecular weight excluding hydrogens is 338 g/mol. The molecule has 2 rings (SSSR count). The van der Waals surface area contributed by atoms with E-state index in [1.165, 1.54) is 16.0 Å². The number of nitrogens with zero attached hydrogens (tertiary/aromatic N) is 1. The molecule has 0 radical (unpaired) electrons. The van der Waals surface area contributed by atoms with Crippen LogP contribution in [0, 0.1) is 6.92 Å². The highest BCUT2D eigenvalue weighted by molar-refractivity contribution is 7.98. The summed E-state index contributed by atoms with van der Waals surface area (Å²) in [5.41, 5.74) is 2.59. The molecule has 1 saturated heterocycles. The summed E-state index contributed by atoms with van der Waals surface area (Å²) < 4.78 is 0. The van der Waals surface area contributed by atoms with Crippen LogP contribution < -0.4 is 10.6 Å². The summed E-state index contributed by atoms with van der Waals surface area (Å²) in [6.07, 6.45) is 1.15. The van der Waals surface area contributed by atoms with Crippen molar-refractivity contribution in [1.82, 2.24) is 15.5 Å². The number of carbonyl (C=O) groups is 2. The Morgan fingerprint density at radius 2 is 2.32 bits per heavy atom. The zero-order valence-electron chi connectivity index (χ0n) is 14.7. The van der Waals surface area contributed by atoms with E-state index in [4.69, 9.17) is 5.11 Å². The lowest BCUT2D eigenvalue weighted by Crippen LogP contribution is -2.59. The number of hydrogen-bond acceptors (Lipinski definition) is 4. The van der Waals surface area contributed by atoms with E-state index < -0.39 is 6.04 Å². The smallest absolute Gasteiger partial charge is 0.318 e. The summed E-state index contributed by atoms with van der Waals surface area (Å²) in [7, 11) is 0. The lowest BCUT2D eigenvalue weighted by molar-refractivity contribution is -0.128. The Kier molecular flexibility index (Phi) is 8.08. The molecule has 1 atom stereocenters. The minimum atomic E-state index is -0.575. The largest absolute Gasteiger partial charge is 0.396 e. The number of aryl methyl sites for hydroxylation is 1. The summed E-state index contributed by atoms with van der Waals surface area (Å²) >= 11 is 1.85. The van der Waals surface area contributed by atoms with Gasteiger partial charge in [-0.1, -0.05) is 29.8 Å². The standard InChI is InChI=1S/C18H27N3O3S/c1-14-4-2-5-15(12-14)13-25-11-3-7-20-18(24)21-9-8-19-17(23)16(21)6-10-22/h2,4-5,12,16,22H,3,6-11,13H2,1H3,(H,19,23)(H,20,24). The zero-order chi connectivity index (χ0) is 18.1. The Bertz CT molecular complexity index is 582. The van der Waals surface area contributed by atoms with Crippen LogP contribution in [0.2, 0.25) is 0 Å². The number of amides is 3. The predicted molar refractivity (Wildman–Crippen MR) is 101 cm³/mol. The van der Waals surface area contributed by atoms with Gasteiger partial charge in [0.15, 0.2) is 0 Å². The number of benzene rings is 1. The first-order valence-corrected chi connectivity index (χ1v) is 9.83. The van der Waals surface area contributed by atoms with Crippen LogP contribution in [0.5, 0.6) is 0 Å². The van der Waals surface area contributed by atoms with Gasteiger partial charge in [-0.3, -0.25) is 4.79 Å². The quantitative estimate of drug-likeness (QED) is 0.610. The van der Waals surface area contributed by atoms with Crippen molar-refractivity contribution in [3.63, 3.8) is 0 Å². The normalized spacial score (nSPS) is 17.3. The van der Waals surface area contributed by atoms with Crippen LogP contribution in [-0.2, 0) is 10.5 Å². The third-order valence-electron chi connectivity index (χ3n) is 4.09. The number of urea groups is 1. The van der Waals surface area contributed by atoms with Gasteiger partial charge in [0.25, 0.3) is 0 Å². The average Bonchev–Trinajstić information content (AvgIpc) is 2.59. The molecule has 1 aromatic carbocycles. The van der Waals surface area contributed by atoms with Crippen molar-refractivity contribution in [2.75, 3.05) is 32.0 Å². The van der Waals surface area contributed by atoms with Gasteiger partial charge in [0.05, 0.1) is 0 Å². The van der Waals surface area contributed by atoms with Gasteiger partial charge in [0.2, 0.25) is 5.91 Å². The Morgan fingerprint density at radius 3 is 3.08 bits per heavy atom. The third kappa shape index (κ3) is 6.25. The maximum Gasteiger partial charge on any atom is 0.318 e. The summed E-state index contributed by atoms with van der Waals surface area (Å²) in [5, 5.41) is 14.7. The second-order valence-corrected chi connectivity index (χ2v) is 7.24. The van der Waals surface area contributed by atoms with E-state index in [2.05, 4.69) is 41.8 Å². The van der Waals surface area contributed by atoms with Crippen LogP contribution >= 0.6 is 11.8 Å². The van der Waals surface area contributed by atoms with E-state index in [9.17, 15) is 9.59 Å². The topological polar surface area (TPSA) is 81.7 Å². The molecule has 0 spiro atoms. The molecule has 0 aliphatic carbocycles. The molecule has 1 unspecified atom stereocenters. The highest BCUT2D eigenvalue weighted by Crippen LogP contribution is 2.14. The van der Waals surface area contributed by atoms with Crippen molar-refractivity contribution in [3.05, 3.63) is 35.4 Å².